The predicted octanol–water partition coefficient (Wildman–Crippen LogP) is 2.62. The molecule has 160 valence electrons. The Hall–Kier alpha value is -2.23. The normalized spacial score (nSPS) is 18.1. The molecule has 0 spiro atoms. The van der Waals surface area contributed by atoms with Gasteiger partial charge in [-0.05, 0) is 43.2 Å². The minimum atomic E-state index is -3.81. The molecule has 0 saturated carbocycles. The first-order valence-electron chi connectivity index (χ1n) is 9.82. The van der Waals surface area contributed by atoms with Crippen molar-refractivity contribution in [1.29, 1.82) is 0 Å². The highest BCUT2D eigenvalue weighted by Crippen LogP contribution is 2.26. The molecule has 1 aromatic carbocycles. The van der Waals surface area contributed by atoms with Gasteiger partial charge in [-0.2, -0.15) is 4.31 Å². The van der Waals surface area contributed by atoms with Crippen molar-refractivity contribution in [3.05, 3.63) is 52.9 Å². The van der Waals surface area contributed by atoms with E-state index in [2.05, 4.69) is 9.88 Å². The van der Waals surface area contributed by atoms with Crippen LogP contribution in [0.25, 0.3) is 0 Å². The summed E-state index contributed by atoms with van der Waals surface area (Å²) in [5.74, 6) is -0.126. The Bertz CT molecular complexity index is 1050. The van der Waals surface area contributed by atoms with Crippen molar-refractivity contribution in [3.63, 3.8) is 0 Å². The standard InChI is InChI=1S/C20H22ClFN4O3S/c21-17-14-15(5-6-18(17)22)30(28,29)26-12-10-25(11-13-26)20(27)16-4-3-7-23-19(16)24-8-1-2-9-24/h3-7,14H,1-2,8-13H2. The molecule has 2 saturated heterocycles. The van der Waals surface area contributed by atoms with Crippen molar-refractivity contribution in [2.24, 2.45) is 0 Å². The molecule has 30 heavy (non-hydrogen) atoms. The van der Waals surface area contributed by atoms with E-state index in [1.165, 1.54) is 10.4 Å². The van der Waals surface area contributed by atoms with Crippen LogP contribution in [0.5, 0.6) is 0 Å². The fourth-order valence-corrected chi connectivity index (χ4v) is 5.53. The Kier molecular flexibility index (Phi) is 5.95. The van der Waals surface area contributed by atoms with Crippen LogP contribution in [0.1, 0.15) is 23.2 Å². The fourth-order valence-electron chi connectivity index (χ4n) is 3.83. The summed E-state index contributed by atoms with van der Waals surface area (Å²) < 4.78 is 40.4. The van der Waals surface area contributed by atoms with Gasteiger partial charge in [-0.3, -0.25) is 4.79 Å². The molecule has 2 aliphatic heterocycles. The summed E-state index contributed by atoms with van der Waals surface area (Å²) in [4.78, 5) is 21.2. The fraction of sp³-hybridized carbons (Fsp3) is 0.400. The highest BCUT2D eigenvalue weighted by molar-refractivity contribution is 7.89. The lowest BCUT2D eigenvalue weighted by atomic mass is 10.2. The van der Waals surface area contributed by atoms with E-state index >= 15 is 0 Å². The van der Waals surface area contributed by atoms with Crippen molar-refractivity contribution in [2.75, 3.05) is 44.2 Å². The molecule has 0 aliphatic carbocycles. The van der Waals surface area contributed by atoms with E-state index in [-0.39, 0.29) is 42.0 Å². The van der Waals surface area contributed by atoms with E-state index in [4.69, 9.17) is 11.6 Å². The molecule has 2 aliphatic rings. The average molecular weight is 453 g/mol. The van der Waals surface area contributed by atoms with Gasteiger partial charge in [0.15, 0.2) is 0 Å². The van der Waals surface area contributed by atoms with Crippen LogP contribution in [0.3, 0.4) is 0 Å². The molecule has 0 bridgehead atoms. The van der Waals surface area contributed by atoms with Crippen LogP contribution in [-0.2, 0) is 10.0 Å². The number of pyridine rings is 1. The molecule has 10 heteroatoms. The Morgan fingerprint density at radius 2 is 1.73 bits per heavy atom. The molecule has 1 aromatic heterocycles. The van der Waals surface area contributed by atoms with E-state index in [0.717, 1.165) is 38.1 Å². The smallest absolute Gasteiger partial charge is 0.257 e. The highest BCUT2D eigenvalue weighted by atomic mass is 35.5. The van der Waals surface area contributed by atoms with E-state index < -0.39 is 15.8 Å². The number of hydrogen-bond donors (Lipinski definition) is 0. The topological polar surface area (TPSA) is 73.8 Å². The number of carbonyl (C=O) groups excluding carboxylic acids is 1. The van der Waals surface area contributed by atoms with Gasteiger partial charge in [-0.25, -0.2) is 17.8 Å². The van der Waals surface area contributed by atoms with Gasteiger partial charge in [-0.15, -0.1) is 0 Å². The molecule has 1 amide bonds. The van der Waals surface area contributed by atoms with Crippen molar-refractivity contribution in [1.82, 2.24) is 14.2 Å². The third-order valence-corrected chi connectivity index (χ3v) is 7.66. The number of hydrogen-bond acceptors (Lipinski definition) is 5. The quantitative estimate of drug-likeness (QED) is 0.713. The third kappa shape index (κ3) is 4.01. The third-order valence-electron chi connectivity index (χ3n) is 5.48. The maximum atomic E-state index is 13.4. The largest absolute Gasteiger partial charge is 0.356 e. The molecule has 7 nitrogen and oxygen atoms in total. The van der Waals surface area contributed by atoms with Crippen LogP contribution in [0.2, 0.25) is 5.02 Å². The molecule has 2 aromatic rings. The van der Waals surface area contributed by atoms with E-state index in [9.17, 15) is 17.6 Å². The van der Waals surface area contributed by atoms with Crippen molar-refractivity contribution in [2.45, 2.75) is 17.7 Å². The van der Waals surface area contributed by atoms with Crippen LogP contribution in [0.15, 0.2) is 41.4 Å². The van der Waals surface area contributed by atoms with Crippen LogP contribution in [0.4, 0.5) is 10.2 Å². The zero-order chi connectivity index (χ0) is 21.3. The minimum absolute atomic E-state index is 0.0581. The number of carbonyl (C=O) groups is 1. The summed E-state index contributed by atoms with van der Waals surface area (Å²) >= 11 is 5.74. The lowest BCUT2D eigenvalue weighted by Crippen LogP contribution is -2.50. The second-order valence-electron chi connectivity index (χ2n) is 7.34. The maximum Gasteiger partial charge on any atom is 0.257 e. The van der Waals surface area contributed by atoms with Gasteiger partial charge in [0, 0.05) is 45.5 Å². The summed E-state index contributed by atoms with van der Waals surface area (Å²) in [6, 6.07) is 6.86. The molecule has 0 unspecified atom stereocenters. The first-order valence-corrected chi connectivity index (χ1v) is 11.6. The van der Waals surface area contributed by atoms with E-state index in [1.54, 1.807) is 23.2 Å². The monoisotopic (exact) mass is 452 g/mol. The van der Waals surface area contributed by atoms with Gasteiger partial charge in [0.25, 0.3) is 5.91 Å². The summed E-state index contributed by atoms with van der Waals surface area (Å²) in [6.07, 6.45) is 3.84. The van der Waals surface area contributed by atoms with Gasteiger partial charge in [0.1, 0.15) is 11.6 Å². The molecule has 0 radical (unpaired) electrons. The van der Waals surface area contributed by atoms with Gasteiger partial charge in [-0.1, -0.05) is 11.6 Å². The van der Waals surface area contributed by atoms with E-state index in [1.807, 2.05) is 0 Å². The lowest BCUT2D eigenvalue weighted by molar-refractivity contribution is 0.0698. The molecule has 0 N–H and O–H groups in total. The van der Waals surface area contributed by atoms with Crippen molar-refractivity contribution >= 4 is 33.3 Å². The number of piperazine rings is 1. The molecular formula is C20H22ClFN4O3S. The number of benzene rings is 1. The number of halogens is 2. The van der Waals surface area contributed by atoms with Crippen LogP contribution in [0, 0.1) is 5.82 Å². The molecular weight excluding hydrogens is 431 g/mol. The zero-order valence-corrected chi connectivity index (χ0v) is 17.9. The highest BCUT2D eigenvalue weighted by Gasteiger charge is 2.32. The Balaban J connectivity index is 1.47. The number of anilines is 1. The zero-order valence-electron chi connectivity index (χ0n) is 16.3. The first kappa shape index (κ1) is 21.0. The molecule has 0 atom stereocenters. The average Bonchev–Trinajstić information content (AvgIpc) is 3.30. The Morgan fingerprint density at radius 3 is 2.40 bits per heavy atom. The number of nitrogens with zero attached hydrogens (tertiary/aromatic N) is 4. The Labute approximate surface area is 180 Å². The van der Waals surface area contributed by atoms with Gasteiger partial charge >= 0.3 is 0 Å². The molecule has 2 fully saturated rings. The molecule has 3 heterocycles. The van der Waals surface area contributed by atoms with Crippen molar-refractivity contribution < 1.29 is 17.6 Å². The second-order valence-corrected chi connectivity index (χ2v) is 9.69. The number of rotatable bonds is 4. The second kappa shape index (κ2) is 8.49. The summed E-state index contributed by atoms with van der Waals surface area (Å²) in [6.45, 7) is 2.60. The molecule has 4 rings (SSSR count). The number of sulfonamides is 1. The summed E-state index contributed by atoms with van der Waals surface area (Å²) in [5.41, 5.74) is 0.543. The lowest BCUT2D eigenvalue weighted by Gasteiger charge is -2.34. The van der Waals surface area contributed by atoms with Crippen LogP contribution >= 0.6 is 11.6 Å². The van der Waals surface area contributed by atoms with Gasteiger partial charge in [0.2, 0.25) is 10.0 Å². The number of aromatic nitrogens is 1. The summed E-state index contributed by atoms with van der Waals surface area (Å²) in [5, 5.41) is -0.240. The van der Waals surface area contributed by atoms with Crippen LogP contribution in [-0.4, -0.2) is 67.8 Å². The minimum Gasteiger partial charge on any atom is -0.356 e. The van der Waals surface area contributed by atoms with Gasteiger partial charge < -0.3 is 9.80 Å². The van der Waals surface area contributed by atoms with Gasteiger partial charge in [0.05, 0.1) is 15.5 Å². The predicted molar refractivity (Wildman–Crippen MR) is 112 cm³/mol. The van der Waals surface area contributed by atoms with E-state index in [0.29, 0.717) is 11.4 Å². The first-order chi connectivity index (χ1) is 14.4. The van der Waals surface area contributed by atoms with Crippen molar-refractivity contribution in [3.8, 4) is 0 Å². The SMILES string of the molecule is O=C(c1cccnc1N1CCCC1)N1CCN(S(=O)(=O)c2ccc(F)c(Cl)c2)CC1. The number of amides is 1. The van der Waals surface area contributed by atoms with Crippen LogP contribution < -0.4 is 4.90 Å². The maximum absolute atomic E-state index is 13.4. The Morgan fingerprint density at radius 1 is 1.03 bits per heavy atom. The summed E-state index contributed by atoms with van der Waals surface area (Å²) in [7, 11) is -3.81.